The van der Waals surface area contributed by atoms with E-state index in [1.54, 1.807) is 22.3 Å². The standard InChI is InChI=1S/C15H18N6S2/c1-11(19(3)10-21-15(22)23-12(2)18-21)13-4-6-14(7-5-13)20-9-16-8-17-20/h4-9,11H,10H2,1-3H3/t11-/m0/s1. The van der Waals surface area contributed by atoms with Crippen molar-refractivity contribution in [1.29, 1.82) is 0 Å². The van der Waals surface area contributed by atoms with Gasteiger partial charge in [-0.25, -0.2) is 14.3 Å². The molecule has 6 nitrogen and oxygen atoms in total. The van der Waals surface area contributed by atoms with Gasteiger partial charge in [-0.05, 0) is 50.8 Å². The number of nitrogens with zero attached hydrogens (tertiary/aromatic N) is 6. The lowest BCUT2D eigenvalue weighted by molar-refractivity contribution is 0.195. The van der Waals surface area contributed by atoms with E-state index in [1.165, 1.54) is 11.9 Å². The fourth-order valence-corrected chi connectivity index (χ4v) is 3.39. The largest absolute Gasteiger partial charge is 0.281 e. The van der Waals surface area contributed by atoms with E-state index < -0.39 is 0 Å². The van der Waals surface area contributed by atoms with Crippen molar-refractivity contribution in [1.82, 2.24) is 29.4 Å². The molecule has 0 amide bonds. The van der Waals surface area contributed by atoms with E-state index in [9.17, 15) is 0 Å². The van der Waals surface area contributed by atoms with Crippen LogP contribution in [-0.2, 0) is 6.67 Å². The van der Waals surface area contributed by atoms with Crippen LogP contribution in [0.25, 0.3) is 5.69 Å². The van der Waals surface area contributed by atoms with Crippen molar-refractivity contribution in [3.8, 4) is 5.69 Å². The summed E-state index contributed by atoms with van der Waals surface area (Å²) in [5.74, 6) is 0. The highest BCUT2D eigenvalue weighted by Gasteiger charge is 2.13. The van der Waals surface area contributed by atoms with Gasteiger partial charge in [0.15, 0.2) is 3.95 Å². The highest BCUT2D eigenvalue weighted by molar-refractivity contribution is 7.73. The number of benzene rings is 1. The third-order valence-electron chi connectivity index (χ3n) is 3.78. The minimum absolute atomic E-state index is 0.253. The Kier molecular flexibility index (Phi) is 4.65. The molecular weight excluding hydrogens is 328 g/mol. The first-order chi connectivity index (χ1) is 11.0. The third-order valence-corrected chi connectivity index (χ3v) is 5.01. The summed E-state index contributed by atoms with van der Waals surface area (Å²) in [6.07, 6.45) is 3.22. The molecule has 0 aliphatic heterocycles. The predicted molar refractivity (Wildman–Crippen MR) is 93.2 cm³/mol. The lowest BCUT2D eigenvalue weighted by Crippen LogP contribution is -2.26. The van der Waals surface area contributed by atoms with Crippen molar-refractivity contribution < 1.29 is 0 Å². The number of hydrogen-bond acceptors (Lipinski definition) is 6. The maximum atomic E-state index is 5.33. The number of hydrogen-bond donors (Lipinski definition) is 0. The molecule has 2 heterocycles. The molecule has 1 aromatic carbocycles. The Morgan fingerprint density at radius 2 is 2.04 bits per heavy atom. The van der Waals surface area contributed by atoms with Gasteiger partial charge in [0, 0.05) is 6.04 Å². The first-order valence-electron chi connectivity index (χ1n) is 7.24. The summed E-state index contributed by atoms with van der Waals surface area (Å²) >= 11 is 6.88. The molecule has 0 N–H and O–H groups in total. The van der Waals surface area contributed by atoms with Crippen molar-refractivity contribution in [3.05, 3.63) is 51.4 Å². The maximum Gasteiger partial charge on any atom is 0.180 e. The second kappa shape index (κ2) is 6.69. The molecule has 0 aliphatic carbocycles. The number of aryl methyl sites for hydroxylation is 1. The average Bonchev–Trinajstić information content (AvgIpc) is 3.17. The fourth-order valence-electron chi connectivity index (χ4n) is 2.34. The monoisotopic (exact) mass is 346 g/mol. The molecule has 0 fully saturated rings. The Hall–Kier alpha value is -1.90. The zero-order valence-electron chi connectivity index (χ0n) is 13.2. The SMILES string of the molecule is Cc1nn(CN(C)[C@@H](C)c2ccc(-n3cncn3)cc2)c(=S)s1. The molecule has 3 rings (SSSR count). The lowest BCUT2D eigenvalue weighted by atomic mass is 10.1. The molecule has 0 radical (unpaired) electrons. The summed E-state index contributed by atoms with van der Waals surface area (Å²) in [6, 6.07) is 8.58. The molecular formula is C15H18N6S2. The van der Waals surface area contributed by atoms with Crippen molar-refractivity contribution in [3.63, 3.8) is 0 Å². The van der Waals surface area contributed by atoms with Gasteiger partial charge in [-0.3, -0.25) is 4.90 Å². The quantitative estimate of drug-likeness (QED) is 0.664. The molecule has 0 saturated carbocycles. The van der Waals surface area contributed by atoms with Crippen LogP contribution in [-0.4, -0.2) is 36.5 Å². The minimum Gasteiger partial charge on any atom is -0.281 e. The van der Waals surface area contributed by atoms with Crippen LogP contribution in [0, 0.1) is 10.9 Å². The van der Waals surface area contributed by atoms with E-state index in [1.807, 2.05) is 23.7 Å². The summed E-state index contributed by atoms with van der Waals surface area (Å²) in [6.45, 7) is 4.83. The van der Waals surface area contributed by atoms with E-state index in [-0.39, 0.29) is 6.04 Å². The van der Waals surface area contributed by atoms with Crippen LogP contribution < -0.4 is 0 Å². The smallest absolute Gasteiger partial charge is 0.180 e. The summed E-state index contributed by atoms with van der Waals surface area (Å²) in [4.78, 5) is 6.19. The number of rotatable bonds is 5. The topological polar surface area (TPSA) is 51.8 Å². The van der Waals surface area contributed by atoms with E-state index in [0.29, 0.717) is 6.67 Å². The van der Waals surface area contributed by atoms with E-state index in [4.69, 9.17) is 12.2 Å². The van der Waals surface area contributed by atoms with Gasteiger partial charge in [0.05, 0.1) is 12.4 Å². The highest BCUT2D eigenvalue weighted by atomic mass is 32.1. The molecule has 0 saturated heterocycles. The molecule has 0 aliphatic rings. The van der Waals surface area contributed by atoms with E-state index in [2.05, 4.69) is 46.2 Å². The van der Waals surface area contributed by atoms with Crippen LogP contribution in [0.3, 0.4) is 0 Å². The predicted octanol–water partition coefficient (Wildman–Crippen LogP) is 3.21. The van der Waals surface area contributed by atoms with Gasteiger partial charge in [0.25, 0.3) is 0 Å². The second-order valence-corrected chi connectivity index (χ2v) is 7.22. The van der Waals surface area contributed by atoms with Crippen LogP contribution in [0.2, 0.25) is 0 Å². The first-order valence-corrected chi connectivity index (χ1v) is 8.47. The summed E-state index contributed by atoms with van der Waals surface area (Å²) in [7, 11) is 2.08. The molecule has 1 atom stereocenters. The van der Waals surface area contributed by atoms with Crippen molar-refractivity contribution in [2.24, 2.45) is 0 Å². The normalized spacial score (nSPS) is 12.7. The maximum absolute atomic E-state index is 5.33. The average molecular weight is 346 g/mol. The Bertz CT molecular complexity index is 819. The molecule has 0 bridgehead atoms. The summed E-state index contributed by atoms with van der Waals surface area (Å²) in [5.41, 5.74) is 2.23. The van der Waals surface area contributed by atoms with Gasteiger partial charge in [-0.15, -0.1) is 0 Å². The van der Waals surface area contributed by atoms with Gasteiger partial charge in [0.2, 0.25) is 0 Å². The lowest BCUT2D eigenvalue weighted by Gasteiger charge is -2.25. The van der Waals surface area contributed by atoms with Crippen LogP contribution >= 0.6 is 23.6 Å². The van der Waals surface area contributed by atoms with E-state index >= 15 is 0 Å². The Morgan fingerprint density at radius 3 is 2.61 bits per heavy atom. The molecule has 3 aromatic rings. The molecule has 120 valence electrons. The molecule has 2 aromatic heterocycles. The van der Waals surface area contributed by atoms with Crippen LogP contribution in [0.5, 0.6) is 0 Å². The highest BCUT2D eigenvalue weighted by Crippen LogP contribution is 2.21. The van der Waals surface area contributed by atoms with Gasteiger partial charge in [-0.2, -0.15) is 10.2 Å². The second-order valence-electron chi connectivity index (χ2n) is 5.39. The van der Waals surface area contributed by atoms with Gasteiger partial charge in [0.1, 0.15) is 17.7 Å². The zero-order valence-corrected chi connectivity index (χ0v) is 14.9. The van der Waals surface area contributed by atoms with Gasteiger partial charge in [-0.1, -0.05) is 23.5 Å². The van der Waals surface area contributed by atoms with Crippen molar-refractivity contribution in [2.75, 3.05) is 7.05 Å². The Morgan fingerprint density at radius 1 is 1.30 bits per heavy atom. The van der Waals surface area contributed by atoms with Gasteiger partial charge < -0.3 is 0 Å². The third kappa shape index (κ3) is 3.54. The van der Waals surface area contributed by atoms with Crippen molar-refractivity contribution in [2.45, 2.75) is 26.6 Å². The Balaban J connectivity index is 1.73. The minimum atomic E-state index is 0.253. The fraction of sp³-hybridized carbons (Fsp3) is 0.333. The zero-order chi connectivity index (χ0) is 16.4. The van der Waals surface area contributed by atoms with Crippen molar-refractivity contribution >= 4 is 23.6 Å². The van der Waals surface area contributed by atoms with Crippen LogP contribution in [0.4, 0.5) is 0 Å². The van der Waals surface area contributed by atoms with Crippen LogP contribution in [0.1, 0.15) is 23.5 Å². The molecule has 0 unspecified atom stereocenters. The Labute approximate surface area is 144 Å². The number of aromatic nitrogens is 5. The molecule has 23 heavy (non-hydrogen) atoms. The van der Waals surface area contributed by atoms with E-state index in [0.717, 1.165) is 14.6 Å². The summed E-state index contributed by atoms with van der Waals surface area (Å²) in [5, 5.41) is 9.58. The molecule has 8 heteroatoms. The van der Waals surface area contributed by atoms with Crippen LogP contribution in [0.15, 0.2) is 36.9 Å². The molecule has 0 spiro atoms. The summed E-state index contributed by atoms with van der Waals surface area (Å²) < 4.78 is 4.42. The first kappa shape index (κ1) is 16.0. The van der Waals surface area contributed by atoms with Gasteiger partial charge >= 0.3 is 0 Å².